The van der Waals surface area contributed by atoms with E-state index >= 15 is 0 Å². The number of hydrogen-bond donors (Lipinski definition) is 1. The molecule has 0 fully saturated rings. The van der Waals surface area contributed by atoms with E-state index in [-0.39, 0.29) is 6.04 Å². The summed E-state index contributed by atoms with van der Waals surface area (Å²) in [5, 5.41) is 3.53. The topological polar surface area (TPSA) is 24.5 Å². The molecule has 112 valence electrons. The number of nitrogens with one attached hydrogen (secondary N) is 1. The molecule has 0 aliphatic carbocycles. The standard InChI is InChI=1S/C17H21BrN2O/c1-12(13-8-9-17(21-4)16(18)10-13)19-14-6-5-7-15(11-14)20(2)3/h5-12,19H,1-4H3. The van der Waals surface area contributed by atoms with E-state index in [1.165, 1.54) is 11.3 Å². The van der Waals surface area contributed by atoms with Crippen molar-refractivity contribution in [1.29, 1.82) is 0 Å². The van der Waals surface area contributed by atoms with Crippen LogP contribution >= 0.6 is 15.9 Å². The van der Waals surface area contributed by atoms with Crippen LogP contribution < -0.4 is 15.0 Å². The molecule has 0 radical (unpaired) electrons. The molecule has 0 bridgehead atoms. The summed E-state index contributed by atoms with van der Waals surface area (Å²) in [7, 11) is 5.76. The first-order chi connectivity index (χ1) is 10.0. The van der Waals surface area contributed by atoms with Crippen molar-refractivity contribution >= 4 is 27.3 Å². The van der Waals surface area contributed by atoms with Crippen LogP contribution in [0.5, 0.6) is 5.75 Å². The number of ether oxygens (including phenoxy) is 1. The third-order valence-corrected chi connectivity index (χ3v) is 4.04. The molecule has 0 saturated carbocycles. The van der Waals surface area contributed by atoms with E-state index in [4.69, 9.17) is 4.74 Å². The second-order valence-corrected chi connectivity index (χ2v) is 6.06. The molecule has 0 heterocycles. The van der Waals surface area contributed by atoms with Gasteiger partial charge in [0.1, 0.15) is 5.75 Å². The maximum absolute atomic E-state index is 5.27. The smallest absolute Gasteiger partial charge is 0.133 e. The first-order valence-electron chi connectivity index (χ1n) is 6.88. The van der Waals surface area contributed by atoms with Crippen LogP contribution in [0.25, 0.3) is 0 Å². The van der Waals surface area contributed by atoms with Gasteiger partial charge in [0, 0.05) is 31.5 Å². The normalized spacial score (nSPS) is 11.9. The molecule has 21 heavy (non-hydrogen) atoms. The van der Waals surface area contributed by atoms with Crippen molar-refractivity contribution in [3.8, 4) is 5.75 Å². The van der Waals surface area contributed by atoms with Crippen LogP contribution in [0, 0.1) is 0 Å². The summed E-state index contributed by atoms with van der Waals surface area (Å²) < 4.78 is 6.24. The Morgan fingerprint density at radius 3 is 2.52 bits per heavy atom. The van der Waals surface area contributed by atoms with E-state index in [2.05, 4.69) is 69.5 Å². The molecule has 4 heteroatoms. The number of rotatable bonds is 5. The Kier molecular flexibility index (Phi) is 5.12. The summed E-state index contributed by atoms with van der Waals surface area (Å²) >= 11 is 3.53. The average Bonchev–Trinajstić information content (AvgIpc) is 2.47. The first-order valence-corrected chi connectivity index (χ1v) is 7.68. The zero-order valence-electron chi connectivity index (χ0n) is 12.9. The Hall–Kier alpha value is -1.68. The Balaban J connectivity index is 2.16. The maximum atomic E-state index is 5.27. The zero-order valence-corrected chi connectivity index (χ0v) is 14.4. The maximum Gasteiger partial charge on any atom is 0.133 e. The lowest BCUT2D eigenvalue weighted by molar-refractivity contribution is 0.412. The molecular formula is C17H21BrN2O. The first kappa shape index (κ1) is 15.7. The lowest BCUT2D eigenvalue weighted by atomic mass is 10.1. The quantitative estimate of drug-likeness (QED) is 0.847. The summed E-state index contributed by atoms with van der Waals surface area (Å²) in [5.41, 5.74) is 3.50. The highest BCUT2D eigenvalue weighted by molar-refractivity contribution is 9.10. The zero-order chi connectivity index (χ0) is 15.4. The van der Waals surface area contributed by atoms with Crippen molar-refractivity contribution in [2.45, 2.75) is 13.0 Å². The molecule has 2 aromatic carbocycles. The highest BCUT2D eigenvalue weighted by Crippen LogP contribution is 2.29. The van der Waals surface area contributed by atoms with Crippen molar-refractivity contribution in [1.82, 2.24) is 0 Å². The number of hydrogen-bond acceptors (Lipinski definition) is 3. The van der Waals surface area contributed by atoms with E-state index in [1.807, 2.05) is 20.2 Å². The monoisotopic (exact) mass is 348 g/mol. The molecule has 2 aromatic rings. The van der Waals surface area contributed by atoms with Gasteiger partial charge in [-0.3, -0.25) is 0 Å². The van der Waals surface area contributed by atoms with Gasteiger partial charge in [-0.2, -0.15) is 0 Å². The minimum absolute atomic E-state index is 0.213. The van der Waals surface area contributed by atoms with Crippen molar-refractivity contribution in [3.63, 3.8) is 0 Å². The van der Waals surface area contributed by atoms with Crippen LogP contribution in [0.15, 0.2) is 46.9 Å². The van der Waals surface area contributed by atoms with E-state index in [0.29, 0.717) is 0 Å². The van der Waals surface area contributed by atoms with Gasteiger partial charge in [-0.25, -0.2) is 0 Å². The third-order valence-electron chi connectivity index (χ3n) is 3.42. The van der Waals surface area contributed by atoms with Crippen molar-refractivity contribution in [3.05, 3.63) is 52.5 Å². The van der Waals surface area contributed by atoms with Crippen molar-refractivity contribution in [2.75, 3.05) is 31.4 Å². The van der Waals surface area contributed by atoms with Crippen molar-refractivity contribution in [2.24, 2.45) is 0 Å². The number of anilines is 2. The molecular weight excluding hydrogens is 328 g/mol. The van der Waals surface area contributed by atoms with Gasteiger partial charge in [-0.15, -0.1) is 0 Å². The van der Waals surface area contributed by atoms with E-state index in [1.54, 1.807) is 7.11 Å². The minimum atomic E-state index is 0.213. The Morgan fingerprint density at radius 2 is 1.90 bits per heavy atom. The second kappa shape index (κ2) is 6.85. The van der Waals surface area contributed by atoms with E-state index < -0.39 is 0 Å². The number of nitrogens with zero attached hydrogens (tertiary/aromatic N) is 1. The fourth-order valence-corrected chi connectivity index (χ4v) is 2.72. The molecule has 3 nitrogen and oxygen atoms in total. The average molecular weight is 349 g/mol. The molecule has 0 aliphatic rings. The van der Waals surface area contributed by atoms with Crippen LogP contribution in [0.3, 0.4) is 0 Å². The lowest BCUT2D eigenvalue weighted by Crippen LogP contribution is -2.10. The Labute approximate surface area is 135 Å². The summed E-state index contributed by atoms with van der Waals surface area (Å²) in [5.74, 6) is 0.848. The van der Waals surface area contributed by atoms with Gasteiger partial charge < -0.3 is 15.0 Å². The van der Waals surface area contributed by atoms with Crippen LogP contribution in [-0.2, 0) is 0 Å². The van der Waals surface area contributed by atoms with Gasteiger partial charge in [0.25, 0.3) is 0 Å². The van der Waals surface area contributed by atoms with Gasteiger partial charge in [0.15, 0.2) is 0 Å². The van der Waals surface area contributed by atoms with E-state index in [9.17, 15) is 0 Å². The predicted molar refractivity (Wildman–Crippen MR) is 93.5 cm³/mol. The lowest BCUT2D eigenvalue weighted by Gasteiger charge is -2.19. The summed E-state index contributed by atoms with van der Waals surface area (Å²) in [6.45, 7) is 2.15. The summed E-state index contributed by atoms with van der Waals surface area (Å²) in [6.07, 6.45) is 0. The van der Waals surface area contributed by atoms with Gasteiger partial charge in [0.05, 0.1) is 11.6 Å². The molecule has 2 rings (SSSR count). The predicted octanol–water partition coefficient (Wildman–Crippen LogP) is 4.70. The molecule has 1 atom stereocenters. The number of benzene rings is 2. The van der Waals surface area contributed by atoms with Crippen LogP contribution in [0.1, 0.15) is 18.5 Å². The van der Waals surface area contributed by atoms with Gasteiger partial charge >= 0.3 is 0 Å². The second-order valence-electron chi connectivity index (χ2n) is 5.20. The number of halogens is 1. The van der Waals surface area contributed by atoms with Crippen molar-refractivity contribution < 1.29 is 4.74 Å². The summed E-state index contributed by atoms with van der Waals surface area (Å²) in [6, 6.07) is 14.8. The Bertz CT molecular complexity index is 613. The van der Waals surface area contributed by atoms with Crippen LogP contribution in [0.2, 0.25) is 0 Å². The van der Waals surface area contributed by atoms with Gasteiger partial charge in [-0.05, 0) is 58.7 Å². The third kappa shape index (κ3) is 3.91. The van der Waals surface area contributed by atoms with Crippen LogP contribution in [0.4, 0.5) is 11.4 Å². The largest absolute Gasteiger partial charge is 0.496 e. The summed E-state index contributed by atoms with van der Waals surface area (Å²) in [4.78, 5) is 2.10. The molecule has 1 unspecified atom stereocenters. The van der Waals surface area contributed by atoms with Gasteiger partial charge in [0.2, 0.25) is 0 Å². The molecule has 0 saturated heterocycles. The Morgan fingerprint density at radius 1 is 1.14 bits per heavy atom. The van der Waals surface area contributed by atoms with Crippen LogP contribution in [-0.4, -0.2) is 21.2 Å². The SMILES string of the molecule is COc1ccc(C(C)Nc2cccc(N(C)C)c2)cc1Br. The highest BCUT2D eigenvalue weighted by atomic mass is 79.9. The van der Waals surface area contributed by atoms with Gasteiger partial charge in [-0.1, -0.05) is 12.1 Å². The molecule has 0 amide bonds. The molecule has 0 aromatic heterocycles. The fraction of sp³-hybridized carbons (Fsp3) is 0.294. The molecule has 0 spiro atoms. The number of methoxy groups -OCH3 is 1. The molecule has 1 N–H and O–H groups in total. The van der Waals surface area contributed by atoms with E-state index in [0.717, 1.165) is 15.9 Å². The minimum Gasteiger partial charge on any atom is -0.496 e. The molecule has 0 aliphatic heterocycles. The fourth-order valence-electron chi connectivity index (χ4n) is 2.16. The highest BCUT2D eigenvalue weighted by Gasteiger charge is 2.09.